The third-order valence-corrected chi connectivity index (χ3v) is 5.13. The van der Waals surface area contributed by atoms with Gasteiger partial charge in [0.15, 0.2) is 0 Å². The molecule has 0 fully saturated rings. The second-order valence-electron chi connectivity index (χ2n) is 5.69. The first-order valence-corrected chi connectivity index (χ1v) is 9.36. The third-order valence-electron chi connectivity index (χ3n) is 3.71. The molecule has 1 atom stereocenters. The van der Waals surface area contributed by atoms with E-state index in [0.29, 0.717) is 18.1 Å². The number of benzene rings is 1. The summed E-state index contributed by atoms with van der Waals surface area (Å²) in [5.41, 5.74) is 1.41. The van der Waals surface area contributed by atoms with E-state index in [0.717, 1.165) is 12.0 Å². The van der Waals surface area contributed by atoms with Gasteiger partial charge in [0.25, 0.3) is 0 Å². The number of nitrogens with zero attached hydrogens (tertiary/aromatic N) is 1. The number of aliphatic hydroxyl groups excluding tert-OH is 1. The van der Waals surface area contributed by atoms with Crippen molar-refractivity contribution in [1.82, 2.24) is 9.29 Å². The molecule has 0 aliphatic heterocycles. The second-order valence-corrected chi connectivity index (χ2v) is 7.45. The van der Waals surface area contributed by atoms with Gasteiger partial charge in [-0.05, 0) is 49.2 Å². The molecule has 0 spiro atoms. The van der Waals surface area contributed by atoms with Crippen molar-refractivity contribution >= 4 is 10.0 Å². The zero-order valence-corrected chi connectivity index (χ0v) is 15.0. The van der Waals surface area contributed by atoms with E-state index in [2.05, 4.69) is 4.72 Å². The molecule has 7 heteroatoms. The van der Waals surface area contributed by atoms with E-state index in [1.165, 1.54) is 6.07 Å². The molecular weight excluding hydrogens is 328 g/mol. The zero-order chi connectivity index (χ0) is 17.7. The second kappa shape index (κ2) is 7.83. The lowest BCUT2D eigenvalue weighted by Crippen LogP contribution is -2.29. The largest absolute Gasteiger partial charge is 0.493 e. The Hall–Kier alpha value is -1.83. The lowest BCUT2D eigenvalue weighted by atomic mass is 10.2. The quantitative estimate of drug-likeness (QED) is 0.763. The van der Waals surface area contributed by atoms with Crippen LogP contribution in [0.25, 0.3) is 0 Å². The molecule has 0 aliphatic rings. The molecule has 1 heterocycles. The van der Waals surface area contributed by atoms with Gasteiger partial charge in [0.1, 0.15) is 11.9 Å². The van der Waals surface area contributed by atoms with Gasteiger partial charge in [0, 0.05) is 25.5 Å². The van der Waals surface area contributed by atoms with Gasteiger partial charge in [-0.15, -0.1) is 0 Å². The highest BCUT2D eigenvalue weighted by Crippen LogP contribution is 2.22. The van der Waals surface area contributed by atoms with Crippen molar-refractivity contribution in [3.05, 3.63) is 47.8 Å². The van der Waals surface area contributed by atoms with E-state index in [-0.39, 0.29) is 11.4 Å². The molecule has 2 N–H and O–H groups in total. The van der Waals surface area contributed by atoms with Crippen LogP contribution in [0.3, 0.4) is 0 Å². The molecule has 1 unspecified atom stereocenters. The highest BCUT2D eigenvalue weighted by Gasteiger charge is 2.18. The molecule has 0 saturated heterocycles. The lowest BCUT2D eigenvalue weighted by Gasteiger charge is -2.14. The van der Waals surface area contributed by atoms with Gasteiger partial charge < -0.3 is 14.4 Å². The molecule has 1 aromatic carbocycles. The number of aliphatic hydroxyl groups is 1. The fourth-order valence-corrected chi connectivity index (χ4v) is 3.48. The van der Waals surface area contributed by atoms with Crippen LogP contribution in [0, 0.1) is 6.92 Å². The number of hydrogen-bond acceptors (Lipinski definition) is 4. The van der Waals surface area contributed by atoms with E-state index < -0.39 is 16.1 Å². The fourth-order valence-electron chi connectivity index (χ4n) is 2.36. The average Bonchev–Trinajstić information content (AvgIpc) is 2.97. The predicted octanol–water partition coefficient (Wildman–Crippen LogP) is 2.13. The molecule has 132 valence electrons. The van der Waals surface area contributed by atoms with Crippen LogP contribution in [-0.4, -0.2) is 31.2 Å². The molecule has 1 aromatic heterocycles. The zero-order valence-electron chi connectivity index (χ0n) is 14.2. The van der Waals surface area contributed by atoms with Gasteiger partial charge in [-0.3, -0.25) is 0 Å². The normalized spacial score (nSPS) is 13.0. The standard InChI is InChI=1S/C17H24N2O4S/c1-4-10-23-17-8-7-14(11-13(17)2)24(21,22)18-12-16(20)15-6-5-9-19(15)3/h5-9,11,16,18,20H,4,10,12H2,1-3H3. The van der Waals surface area contributed by atoms with Crippen LogP contribution in [0.2, 0.25) is 0 Å². The lowest BCUT2D eigenvalue weighted by molar-refractivity contribution is 0.173. The highest BCUT2D eigenvalue weighted by atomic mass is 32.2. The van der Waals surface area contributed by atoms with Crippen molar-refractivity contribution in [3.8, 4) is 5.75 Å². The first-order chi connectivity index (χ1) is 11.3. The number of hydrogen-bond donors (Lipinski definition) is 2. The number of ether oxygens (including phenoxy) is 1. The summed E-state index contributed by atoms with van der Waals surface area (Å²) in [7, 11) is -1.90. The number of rotatable bonds is 8. The average molecular weight is 352 g/mol. The van der Waals surface area contributed by atoms with Crippen LogP contribution in [-0.2, 0) is 17.1 Å². The van der Waals surface area contributed by atoms with E-state index in [4.69, 9.17) is 4.74 Å². The van der Waals surface area contributed by atoms with Crippen molar-refractivity contribution in [2.45, 2.75) is 31.3 Å². The van der Waals surface area contributed by atoms with Crippen molar-refractivity contribution in [2.24, 2.45) is 7.05 Å². The number of sulfonamides is 1. The number of aromatic nitrogens is 1. The molecule has 0 saturated carbocycles. The molecule has 24 heavy (non-hydrogen) atoms. The summed E-state index contributed by atoms with van der Waals surface area (Å²) in [6.45, 7) is 4.32. The molecule has 0 aliphatic carbocycles. The van der Waals surface area contributed by atoms with Gasteiger partial charge >= 0.3 is 0 Å². The Morgan fingerprint density at radius 2 is 2.08 bits per heavy atom. The molecule has 0 bridgehead atoms. The summed E-state index contributed by atoms with van der Waals surface area (Å²) in [6, 6.07) is 8.29. The monoisotopic (exact) mass is 352 g/mol. The third kappa shape index (κ3) is 4.37. The summed E-state index contributed by atoms with van der Waals surface area (Å²) in [5.74, 6) is 0.680. The van der Waals surface area contributed by atoms with E-state index >= 15 is 0 Å². The summed E-state index contributed by atoms with van der Waals surface area (Å²) in [6.07, 6.45) is 1.77. The smallest absolute Gasteiger partial charge is 0.240 e. The molecule has 2 rings (SSSR count). The van der Waals surface area contributed by atoms with Gasteiger partial charge in [-0.25, -0.2) is 13.1 Å². The number of nitrogens with one attached hydrogen (secondary N) is 1. The van der Waals surface area contributed by atoms with Crippen LogP contribution < -0.4 is 9.46 Å². The summed E-state index contributed by atoms with van der Waals surface area (Å²) < 4.78 is 34.6. The highest BCUT2D eigenvalue weighted by molar-refractivity contribution is 7.89. The van der Waals surface area contributed by atoms with E-state index in [1.807, 2.05) is 13.8 Å². The number of aryl methyl sites for hydroxylation is 2. The van der Waals surface area contributed by atoms with Crippen LogP contribution in [0.5, 0.6) is 5.75 Å². The van der Waals surface area contributed by atoms with Crippen molar-refractivity contribution < 1.29 is 18.3 Å². The van der Waals surface area contributed by atoms with Crippen LogP contribution in [0.15, 0.2) is 41.4 Å². The van der Waals surface area contributed by atoms with Crippen LogP contribution in [0.4, 0.5) is 0 Å². The molecular formula is C17H24N2O4S. The first kappa shape index (κ1) is 18.5. The Morgan fingerprint density at radius 1 is 1.33 bits per heavy atom. The minimum Gasteiger partial charge on any atom is -0.493 e. The van der Waals surface area contributed by atoms with E-state index in [9.17, 15) is 13.5 Å². The van der Waals surface area contributed by atoms with E-state index in [1.54, 1.807) is 42.1 Å². The topological polar surface area (TPSA) is 80.6 Å². The maximum Gasteiger partial charge on any atom is 0.240 e. The first-order valence-electron chi connectivity index (χ1n) is 7.87. The van der Waals surface area contributed by atoms with Crippen molar-refractivity contribution in [2.75, 3.05) is 13.2 Å². The summed E-state index contributed by atoms with van der Waals surface area (Å²) >= 11 is 0. The molecule has 2 aromatic rings. The Bertz CT molecular complexity index is 784. The molecule has 6 nitrogen and oxygen atoms in total. The minimum absolute atomic E-state index is 0.0900. The maximum absolute atomic E-state index is 12.4. The Labute approximate surface area is 143 Å². The van der Waals surface area contributed by atoms with Crippen LogP contribution in [0.1, 0.15) is 30.7 Å². The maximum atomic E-state index is 12.4. The predicted molar refractivity (Wildman–Crippen MR) is 92.5 cm³/mol. The summed E-state index contributed by atoms with van der Waals surface area (Å²) in [4.78, 5) is 0.155. The van der Waals surface area contributed by atoms with Crippen LogP contribution >= 0.6 is 0 Å². The van der Waals surface area contributed by atoms with Gasteiger partial charge in [0.2, 0.25) is 10.0 Å². The molecule has 0 amide bonds. The fraction of sp³-hybridized carbons (Fsp3) is 0.412. The Morgan fingerprint density at radius 3 is 2.67 bits per heavy atom. The molecule has 0 radical (unpaired) electrons. The Balaban J connectivity index is 2.07. The van der Waals surface area contributed by atoms with Gasteiger partial charge in [0.05, 0.1) is 11.5 Å². The SMILES string of the molecule is CCCOc1ccc(S(=O)(=O)NCC(O)c2cccn2C)cc1C. The van der Waals surface area contributed by atoms with Crippen molar-refractivity contribution in [1.29, 1.82) is 0 Å². The Kier molecular flexibility index (Phi) is 6.04. The summed E-state index contributed by atoms with van der Waals surface area (Å²) in [5, 5.41) is 10.1. The minimum atomic E-state index is -3.69. The van der Waals surface area contributed by atoms with Gasteiger partial charge in [-0.1, -0.05) is 6.92 Å². The van der Waals surface area contributed by atoms with Gasteiger partial charge in [-0.2, -0.15) is 0 Å². The van der Waals surface area contributed by atoms with Crippen molar-refractivity contribution in [3.63, 3.8) is 0 Å².